The van der Waals surface area contributed by atoms with Gasteiger partial charge in [0.25, 0.3) is 0 Å². The molecule has 3 heterocycles. The number of rotatable bonds is 7. The summed E-state index contributed by atoms with van der Waals surface area (Å²) in [5.74, 6) is 0.952. The third-order valence-corrected chi connectivity index (χ3v) is 5.31. The highest BCUT2D eigenvalue weighted by Crippen LogP contribution is 2.32. The van der Waals surface area contributed by atoms with Gasteiger partial charge in [-0.3, -0.25) is 4.98 Å². The Hall–Kier alpha value is -3.96. The van der Waals surface area contributed by atoms with Gasteiger partial charge in [0, 0.05) is 23.4 Å². The van der Waals surface area contributed by atoms with Gasteiger partial charge < -0.3 is 9.47 Å². The second-order valence-corrected chi connectivity index (χ2v) is 7.83. The lowest BCUT2D eigenvalue weighted by atomic mass is 10.1. The summed E-state index contributed by atoms with van der Waals surface area (Å²) in [6.45, 7) is 0.805. The van der Waals surface area contributed by atoms with Crippen molar-refractivity contribution in [1.82, 2.24) is 15.0 Å². The Balaban J connectivity index is 1.47. The minimum Gasteiger partial charge on any atom is -0.473 e. The van der Waals surface area contributed by atoms with Gasteiger partial charge in [-0.25, -0.2) is 4.98 Å². The van der Waals surface area contributed by atoms with Crippen LogP contribution in [0.2, 0.25) is 5.15 Å². The largest absolute Gasteiger partial charge is 0.473 e. The molecule has 162 valence electrons. The van der Waals surface area contributed by atoms with Crippen LogP contribution < -0.4 is 9.47 Å². The maximum Gasteiger partial charge on any atom is 0.225 e. The van der Waals surface area contributed by atoms with Crippen LogP contribution in [-0.4, -0.2) is 15.0 Å². The van der Waals surface area contributed by atoms with Crippen LogP contribution in [-0.2, 0) is 13.2 Å². The highest BCUT2D eigenvalue weighted by molar-refractivity contribution is 6.29. The van der Waals surface area contributed by atoms with E-state index >= 15 is 0 Å². The Bertz CT molecular complexity index is 1380. The number of ether oxygens (including phenoxy) is 2. The molecule has 0 amide bonds. The fourth-order valence-electron chi connectivity index (χ4n) is 3.42. The van der Waals surface area contributed by atoms with E-state index in [-0.39, 0.29) is 0 Å². The van der Waals surface area contributed by atoms with Crippen molar-refractivity contribution in [2.24, 2.45) is 0 Å². The number of pyridine rings is 3. The Morgan fingerprint density at radius 1 is 0.667 bits per heavy atom. The van der Waals surface area contributed by atoms with Crippen LogP contribution in [0.5, 0.6) is 11.8 Å². The van der Waals surface area contributed by atoms with Crippen LogP contribution in [0.15, 0.2) is 97.2 Å². The van der Waals surface area contributed by atoms with Crippen LogP contribution in [0, 0.1) is 0 Å². The number of halogens is 1. The van der Waals surface area contributed by atoms with E-state index in [0.717, 1.165) is 27.8 Å². The van der Waals surface area contributed by atoms with E-state index in [1.165, 1.54) is 0 Å². The fraction of sp³-hybridized carbons (Fsp3) is 0.0741. The van der Waals surface area contributed by atoms with E-state index in [1.54, 1.807) is 12.3 Å². The molecular formula is C27H20ClN3O2. The lowest BCUT2D eigenvalue weighted by Crippen LogP contribution is -2.02. The summed E-state index contributed by atoms with van der Waals surface area (Å²) in [6, 6.07) is 29.2. The Morgan fingerprint density at radius 3 is 2.09 bits per heavy atom. The van der Waals surface area contributed by atoms with Crippen LogP contribution in [0.3, 0.4) is 0 Å². The van der Waals surface area contributed by atoms with Crippen molar-refractivity contribution in [1.29, 1.82) is 0 Å². The number of benzene rings is 2. The molecule has 0 saturated carbocycles. The lowest BCUT2D eigenvalue weighted by Gasteiger charge is -2.13. The van der Waals surface area contributed by atoms with Crippen molar-refractivity contribution in [3.8, 4) is 22.9 Å². The van der Waals surface area contributed by atoms with E-state index in [0.29, 0.717) is 35.6 Å². The van der Waals surface area contributed by atoms with Crippen molar-refractivity contribution in [3.05, 3.63) is 113 Å². The third-order valence-electron chi connectivity index (χ3n) is 5.10. The number of nitrogens with zero attached hydrogens (tertiary/aromatic N) is 3. The molecule has 2 aromatic carbocycles. The van der Waals surface area contributed by atoms with Crippen molar-refractivity contribution < 1.29 is 9.47 Å². The molecule has 0 N–H and O–H groups in total. The second kappa shape index (κ2) is 9.67. The number of hydrogen-bond donors (Lipinski definition) is 0. The number of hydrogen-bond acceptors (Lipinski definition) is 5. The van der Waals surface area contributed by atoms with Gasteiger partial charge in [0.05, 0.1) is 11.0 Å². The number of fused-ring (bicyclic) bond motifs is 1. The first kappa shape index (κ1) is 20.9. The molecule has 0 radical (unpaired) electrons. The molecule has 33 heavy (non-hydrogen) atoms. The molecule has 0 saturated heterocycles. The first-order chi connectivity index (χ1) is 16.2. The summed E-state index contributed by atoms with van der Waals surface area (Å²) < 4.78 is 12.1. The van der Waals surface area contributed by atoms with Gasteiger partial charge in [0.15, 0.2) is 0 Å². The molecule has 5 rings (SSSR count). The molecule has 0 aliphatic carbocycles. The van der Waals surface area contributed by atoms with Gasteiger partial charge >= 0.3 is 0 Å². The maximum atomic E-state index is 6.14. The van der Waals surface area contributed by atoms with E-state index in [2.05, 4.69) is 15.0 Å². The molecule has 5 nitrogen and oxygen atoms in total. The minimum absolute atomic E-state index is 0.383. The maximum absolute atomic E-state index is 6.14. The predicted octanol–water partition coefficient (Wildman–Crippen LogP) is 6.50. The summed E-state index contributed by atoms with van der Waals surface area (Å²) in [5.41, 5.74) is 5.23. The molecule has 0 atom stereocenters. The zero-order valence-electron chi connectivity index (χ0n) is 17.7. The highest BCUT2D eigenvalue weighted by atomic mass is 35.5. The van der Waals surface area contributed by atoms with Crippen LogP contribution in [0.25, 0.3) is 22.2 Å². The zero-order valence-corrected chi connectivity index (χ0v) is 18.4. The highest BCUT2D eigenvalue weighted by Gasteiger charge is 2.13. The quantitative estimate of drug-likeness (QED) is 0.263. The van der Waals surface area contributed by atoms with Crippen LogP contribution in [0.4, 0.5) is 0 Å². The Labute approximate surface area is 196 Å². The van der Waals surface area contributed by atoms with Gasteiger partial charge in [0.1, 0.15) is 18.4 Å². The van der Waals surface area contributed by atoms with Gasteiger partial charge in [-0.2, -0.15) is 4.98 Å². The minimum atomic E-state index is 0.383. The zero-order chi connectivity index (χ0) is 22.5. The average molecular weight is 454 g/mol. The molecule has 0 aliphatic rings. The first-order valence-corrected chi connectivity index (χ1v) is 10.9. The van der Waals surface area contributed by atoms with E-state index in [9.17, 15) is 0 Å². The molecular weight excluding hydrogens is 434 g/mol. The Morgan fingerprint density at radius 2 is 1.36 bits per heavy atom. The van der Waals surface area contributed by atoms with Crippen LogP contribution >= 0.6 is 11.6 Å². The lowest BCUT2D eigenvalue weighted by molar-refractivity contribution is 0.268. The van der Waals surface area contributed by atoms with Crippen molar-refractivity contribution >= 4 is 22.6 Å². The van der Waals surface area contributed by atoms with Gasteiger partial charge in [-0.15, -0.1) is 0 Å². The molecule has 5 aromatic rings. The standard InChI is InChI=1S/C27H20ClN3O2/c28-25-13-12-23-24(30-25)15-21(16-29-23)22-11-14-26(32-17-19-7-3-1-4-8-19)31-27(22)33-18-20-9-5-2-6-10-20/h1-16H,17-18H2. The van der Waals surface area contributed by atoms with Crippen molar-refractivity contribution in [2.75, 3.05) is 0 Å². The topological polar surface area (TPSA) is 57.1 Å². The van der Waals surface area contributed by atoms with Crippen LogP contribution in [0.1, 0.15) is 11.1 Å². The molecule has 0 aliphatic heterocycles. The van der Waals surface area contributed by atoms with Crippen molar-refractivity contribution in [3.63, 3.8) is 0 Å². The van der Waals surface area contributed by atoms with Crippen molar-refractivity contribution in [2.45, 2.75) is 13.2 Å². The van der Waals surface area contributed by atoms with E-state index in [4.69, 9.17) is 21.1 Å². The summed E-state index contributed by atoms with van der Waals surface area (Å²) in [6.07, 6.45) is 1.79. The summed E-state index contributed by atoms with van der Waals surface area (Å²) in [5, 5.41) is 0.421. The SMILES string of the molecule is Clc1ccc2ncc(-c3ccc(OCc4ccccc4)nc3OCc3ccccc3)cc2n1. The van der Waals surface area contributed by atoms with Gasteiger partial charge in [-0.1, -0.05) is 72.3 Å². The summed E-state index contributed by atoms with van der Waals surface area (Å²) >= 11 is 6.08. The molecule has 0 fully saturated rings. The molecule has 0 spiro atoms. The average Bonchev–Trinajstić information content (AvgIpc) is 2.87. The monoisotopic (exact) mass is 453 g/mol. The molecule has 3 aromatic heterocycles. The van der Waals surface area contributed by atoms with Gasteiger partial charge in [-0.05, 0) is 35.4 Å². The summed E-state index contributed by atoms with van der Waals surface area (Å²) in [7, 11) is 0. The summed E-state index contributed by atoms with van der Waals surface area (Å²) in [4.78, 5) is 13.6. The second-order valence-electron chi connectivity index (χ2n) is 7.45. The predicted molar refractivity (Wildman–Crippen MR) is 129 cm³/mol. The first-order valence-electron chi connectivity index (χ1n) is 10.5. The molecule has 0 bridgehead atoms. The normalized spacial score (nSPS) is 10.8. The Kier molecular flexibility index (Phi) is 6.13. The fourth-order valence-corrected chi connectivity index (χ4v) is 3.57. The number of aromatic nitrogens is 3. The van der Waals surface area contributed by atoms with E-state index < -0.39 is 0 Å². The molecule has 0 unspecified atom stereocenters. The molecule has 6 heteroatoms. The van der Waals surface area contributed by atoms with Gasteiger partial charge in [0.2, 0.25) is 11.8 Å². The third kappa shape index (κ3) is 5.10. The van der Waals surface area contributed by atoms with E-state index in [1.807, 2.05) is 84.9 Å². The smallest absolute Gasteiger partial charge is 0.225 e.